The smallest absolute Gasteiger partial charge is 0.315 e. The van der Waals surface area contributed by atoms with Crippen LogP contribution in [0.3, 0.4) is 0 Å². The van der Waals surface area contributed by atoms with Gasteiger partial charge in [0.15, 0.2) is 23.1 Å². The summed E-state index contributed by atoms with van der Waals surface area (Å²) in [6, 6.07) is 7.70. The van der Waals surface area contributed by atoms with E-state index in [1.807, 2.05) is 6.07 Å². The molecule has 1 unspecified atom stereocenters. The van der Waals surface area contributed by atoms with Gasteiger partial charge in [0, 0.05) is 12.6 Å². The van der Waals surface area contributed by atoms with Gasteiger partial charge in [0.1, 0.15) is 12.4 Å². The Labute approximate surface area is 149 Å². The second kappa shape index (κ2) is 7.90. The second-order valence-corrected chi connectivity index (χ2v) is 5.80. The van der Waals surface area contributed by atoms with Gasteiger partial charge in [0.05, 0.1) is 6.04 Å². The van der Waals surface area contributed by atoms with Gasteiger partial charge in [0.25, 0.3) is 0 Å². The van der Waals surface area contributed by atoms with Crippen molar-refractivity contribution >= 4 is 6.03 Å². The molecule has 0 fully saturated rings. The minimum absolute atomic E-state index is 0.0417. The average molecular weight is 364 g/mol. The fourth-order valence-electron chi connectivity index (χ4n) is 2.36. The van der Waals surface area contributed by atoms with Gasteiger partial charge in [-0.1, -0.05) is 6.07 Å². The van der Waals surface area contributed by atoms with Gasteiger partial charge < -0.3 is 24.8 Å². The van der Waals surface area contributed by atoms with E-state index in [9.17, 15) is 13.6 Å². The number of ether oxygens (including phenoxy) is 3. The van der Waals surface area contributed by atoms with Crippen molar-refractivity contribution in [3.63, 3.8) is 0 Å². The normalized spacial score (nSPS) is 13.2. The number of urea groups is 1. The van der Waals surface area contributed by atoms with Gasteiger partial charge in [-0.05, 0) is 36.8 Å². The van der Waals surface area contributed by atoms with Crippen LogP contribution >= 0.6 is 0 Å². The van der Waals surface area contributed by atoms with Gasteiger partial charge in [0.2, 0.25) is 6.79 Å². The van der Waals surface area contributed by atoms with Crippen LogP contribution in [0.5, 0.6) is 17.2 Å². The molecule has 2 amide bonds. The van der Waals surface area contributed by atoms with Crippen LogP contribution in [0.2, 0.25) is 0 Å². The Balaban J connectivity index is 1.42. The predicted molar refractivity (Wildman–Crippen MR) is 89.3 cm³/mol. The van der Waals surface area contributed by atoms with E-state index in [2.05, 4.69) is 10.6 Å². The first-order valence-corrected chi connectivity index (χ1v) is 8.02. The molecule has 1 heterocycles. The Morgan fingerprint density at radius 3 is 2.81 bits per heavy atom. The molecular formula is C18H18F2N2O4. The minimum Gasteiger partial charge on any atom is -0.488 e. The van der Waals surface area contributed by atoms with Gasteiger partial charge in [-0.2, -0.15) is 0 Å². The number of carbonyl (C=O) groups excluding carboxylic acids is 1. The number of hydrogen-bond donors (Lipinski definition) is 2. The van der Waals surface area contributed by atoms with Crippen LogP contribution in [0, 0.1) is 11.6 Å². The number of amides is 2. The maximum absolute atomic E-state index is 13.5. The van der Waals surface area contributed by atoms with Crippen LogP contribution in [0.1, 0.15) is 12.5 Å². The Kier molecular flexibility index (Phi) is 5.40. The van der Waals surface area contributed by atoms with E-state index >= 15 is 0 Å². The maximum atomic E-state index is 13.5. The molecule has 2 aromatic carbocycles. The summed E-state index contributed by atoms with van der Waals surface area (Å²) in [4.78, 5) is 11.9. The van der Waals surface area contributed by atoms with E-state index < -0.39 is 17.7 Å². The molecule has 2 N–H and O–H groups in total. The topological polar surface area (TPSA) is 68.8 Å². The maximum Gasteiger partial charge on any atom is 0.315 e. The largest absolute Gasteiger partial charge is 0.488 e. The second-order valence-electron chi connectivity index (χ2n) is 5.80. The molecule has 138 valence electrons. The zero-order valence-corrected chi connectivity index (χ0v) is 14.1. The van der Waals surface area contributed by atoms with Crippen LogP contribution in [0.15, 0.2) is 36.4 Å². The highest BCUT2D eigenvalue weighted by atomic mass is 19.1. The number of fused-ring (bicyclic) bond motifs is 1. The molecule has 0 aliphatic carbocycles. The summed E-state index contributed by atoms with van der Waals surface area (Å²) in [6.45, 7) is 2.25. The summed E-state index contributed by atoms with van der Waals surface area (Å²) < 4.78 is 42.1. The van der Waals surface area contributed by atoms with Crippen molar-refractivity contribution in [3.05, 3.63) is 53.6 Å². The summed E-state index contributed by atoms with van der Waals surface area (Å²) in [7, 11) is 0. The number of halogens is 2. The van der Waals surface area contributed by atoms with Crippen molar-refractivity contribution in [1.82, 2.24) is 10.6 Å². The average Bonchev–Trinajstić information content (AvgIpc) is 3.07. The molecule has 2 aromatic rings. The highest BCUT2D eigenvalue weighted by Gasteiger charge is 2.14. The van der Waals surface area contributed by atoms with E-state index in [4.69, 9.17) is 14.2 Å². The summed E-state index contributed by atoms with van der Waals surface area (Å²) >= 11 is 0. The van der Waals surface area contributed by atoms with Crippen molar-refractivity contribution in [2.75, 3.05) is 13.4 Å². The quantitative estimate of drug-likeness (QED) is 0.827. The lowest BCUT2D eigenvalue weighted by Gasteiger charge is -2.16. The Morgan fingerprint density at radius 1 is 1.19 bits per heavy atom. The molecule has 3 rings (SSSR count). The van der Waals surface area contributed by atoms with Gasteiger partial charge in [-0.25, -0.2) is 13.6 Å². The van der Waals surface area contributed by atoms with Crippen LogP contribution < -0.4 is 24.8 Å². The van der Waals surface area contributed by atoms with Gasteiger partial charge >= 0.3 is 6.03 Å². The van der Waals surface area contributed by atoms with E-state index in [1.54, 1.807) is 19.1 Å². The molecule has 0 saturated heterocycles. The number of carbonyl (C=O) groups is 1. The highest BCUT2D eigenvalue weighted by molar-refractivity contribution is 5.74. The van der Waals surface area contributed by atoms with E-state index in [-0.39, 0.29) is 25.2 Å². The predicted octanol–water partition coefficient (Wildman–Crippen LogP) is 2.96. The lowest BCUT2D eigenvalue weighted by atomic mass is 10.2. The van der Waals surface area contributed by atoms with Crippen molar-refractivity contribution in [3.8, 4) is 17.2 Å². The lowest BCUT2D eigenvalue weighted by Crippen LogP contribution is -2.43. The Bertz CT molecular complexity index is 801. The first kappa shape index (κ1) is 17.8. The standard InChI is InChI=1S/C18H18F2N2O4/c1-11(9-24-15-5-3-13(19)7-14(15)20)22-18(23)21-8-12-2-4-16-17(6-12)26-10-25-16/h2-7,11H,8-10H2,1H3,(H2,21,22,23). The molecule has 8 heteroatoms. The first-order chi connectivity index (χ1) is 12.5. The lowest BCUT2D eigenvalue weighted by molar-refractivity contribution is 0.174. The highest BCUT2D eigenvalue weighted by Crippen LogP contribution is 2.32. The molecule has 0 saturated carbocycles. The molecule has 1 aliphatic heterocycles. The fraction of sp³-hybridized carbons (Fsp3) is 0.278. The van der Waals surface area contributed by atoms with Crippen molar-refractivity contribution in [1.29, 1.82) is 0 Å². The van der Waals surface area contributed by atoms with Crippen molar-refractivity contribution < 1.29 is 27.8 Å². The Morgan fingerprint density at radius 2 is 2.00 bits per heavy atom. The third-order valence-corrected chi connectivity index (χ3v) is 3.65. The minimum atomic E-state index is -0.788. The molecule has 1 atom stereocenters. The van der Waals surface area contributed by atoms with Crippen LogP contribution in [-0.2, 0) is 6.54 Å². The van der Waals surface area contributed by atoms with Crippen molar-refractivity contribution in [2.45, 2.75) is 19.5 Å². The third kappa shape index (κ3) is 4.53. The molecule has 0 bridgehead atoms. The van der Waals surface area contributed by atoms with Crippen LogP contribution in [0.25, 0.3) is 0 Å². The first-order valence-electron chi connectivity index (χ1n) is 8.02. The Hall–Kier alpha value is -3.03. The molecule has 0 radical (unpaired) electrons. The number of hydrogen-bond acceptors (Lipinski definition) is 4. The SMILES string of the molecule is CC(COc1ccc(F)cc1F)NC(=O)NCc1ccc2c(c1)OCO2. The summed E-state index contributed by atoms with van der Waals surface area (Å²) in [6.07, 6.45) is 0. The molecule has 0 aromatic heterocycles. The van der Waals surface area contributed by atoms with E-state index in [0.29, 0.717) is 18.0 Å². The van der Waals surface area contributed by atoms with Crippen molar-refractivity contribution in [2.24, 2.45) is 0 Å². The zero-order valence-electron chi connectivity index (χ0n) is 14.1. The number of nitrogens with one attached hydrogen (secondary N) is 2. The molecular weight excluding hydrogens is 346 g/mol. The van der Waals surface area contributed by atoms with Crippen LogP contribution in [0.4, 0.5) is 13.6 Å². The van der Waals surface area contributed by atoms with Crippen LogP contribution in [-0.4, -0.2) is 25.5 Å². The molecule has 6 nitrogen and oxygen atoms in total. The molecule has 0 spiro atoms. The molecule has 1 aliphatic rings. The number of benzene rings is 2. The zero-order chi connectivity index (χ0) is 18.5. The molecule has 26 heavy (non-hydrogen) atoms. The summed E-state index contributed by atoms with van der Waals surface area (Å²) in [5.74, 6) is -0.209. The monoisotopic (exact) mass is 364 g/mol. The van der Waals surface area contributed by atoms with E-state index in [1.165, 1.54) is 6.07 Å². The van der Waals surface area contributed by atoms with E-state index in [0.717, 1.165) is 17.7 Å². The summed E-state index contributed by atoms with van der Waals surface area (Å²) in [5.41, 5.74) is 0.863. The van der Waals surface area contributed by atoms with Gasteiger partial charge in [-0.3, -0.25) is 0 Å². The number of rotatable bonds is 6. The van der Waals surface area contributed by atoms with Gasteiger partial charge in [-0.15, -0.1) is 0 Å². The third-order valence-electron chi connectivity index (χ3n) is 3.65. The fourth-order valence-corrected chi connectivity index (χ4v) is 2.36. The summed E-state index contributed by atoms with van der Waals surface area (Å²) in [5, 5.41) is 5.39.